The fourth-order valence-electron chi connectivity index (χ4n) is 8.15. The first-order chi connectivity index (χ1) is 30.7. The molecule has 11 rings (SSSR count). The van der Waals surface area contributed by atoms with Gasteiger partial charge in [0.1, 0.15) is 0 Å². The van der Waals surface area contributed by atoms with E-state index in [4.69, 9.17) is 5.48 Å². The van der Waals surface area contributed by atoms with Gasteiger partial charge in [-0.05, 0) is 105 Å². The van der Waals surface area contributed by atoms with Gasteiger partial charge in [0, 0.05) is 32.9 Å². The first-order valence-corrected chi connectivity index (χ1v) is 18.7. The summed E-state index contributed by atoms with van der Waals surface area (Å²) in [6.07, 6.45) is 0. The molecular weight excluding hydrogens is 677 g/mol. The number of hydrogen-bond acceptors (Lipinski definition) is 0. The van der Waals surface area contributed by atoms with Crippen LogP contribution in [-0.2, 0) is 0 Å². The van der Waals surface area contributed by atoms with Crippen LogP contribution in [0, 0.1) is 0 Å². The van der Waals surface area contributed by atoms with Gasteiger partial charge < -0.3 is 9.13 Å². The molecule has 0 spiro atoms. The Morgan fingerprint density at radius 3 is 1.59 bits per heavy atom. The van der Waals surface area contributed by atoms with Crippen molar-refractivity contribution in [3.8, 4) is 55.9 Å². The Hall–Kier alpha value is -7.42. The van der Waals surface area contributed by atoms with Crippen molar-refractivity contribution in [1.29, 1.82) is 0 Å². The van der Waals surface area contributed by atoms with E-state index in [2.05, 4.69) is 95.6 Å². The molecule has 0 saturated carbocycles. The van der Waals surface area contributed by atoms with Crippen LogP contribution in [0.2, 0.25) is 0 Å². The van der Waals surface area contributed by atoms with Gasteiger partial charge in [0.25, 0.3) is 0 Å². The number of nitrogens with zero attached hydrogens (tertiary/aromatic N) is 2. The Morgan fingerprint density at radius 1 is 0.321 bits per heavy atom. The SMILES string of the molecule is [2H]c1c([2H])c([2H])c2c(c1[2H])c1c([2H])c(-c3ccc4c(c3)c3c(-c5ccccc5)cccc3n4-c3ccc(-c4ccc(-c5ccccc5)cc4)cc3)c([2H])c([2H])c1n2-c1ccccc1. The molecule has 262 valence electrons. The summed E-state index contributed by atoms with van der Waals surface area (Å²) in [4.78, 5) is 0. The fraction of sp³-hybridized carbons (Fsp3) is 0. The predicted molar refractivity (Wildman–Crippen MR) is 237 cm³/mol. The van der Waals surface area contributed by atoms with E-state index in [1.165, 1.54) is 5.56 Å². The lowest BCUT2D eigenvalue weighted by Crippen LogP contribution is -1.94. The van der Waals surface area contributed by atoms with Gasteiger partial charge in [0.05, 0.1) is 31.7 Å². The van der Waals surface area contributed by atoms with E-state index < -0.39 is 12.1 Å². The van der Waals surface area contributed by atoms with Gasteiger partial charge >= 0.3 is 0 Å². The third kappa shape index (κ3) is 5.26. The average molecular weight is 720 g/mol. The van der Waals surface area contributed by atoms with Crippen molar-refractivity contribution < 1.29 is 9.60 Å². The monoisotopic (exact) mass is 719 g/mol. The van der Waals surface area contributed by atoms with Crippen molar-refractivity contribution in [1.82, 2.24) is 9.13 Å². The summed E-state index contributed by atoms with van der Waals surface area (Å²) >= 11 is 0. The van der Waals surface area contributed by atoms with E-state index in [9.17, 15) is 4.11 Å². The van der Waals surface area contributed by atoms with Gasteiger partial charge in [0.2, 0.25) is 0 Å². The highest BCUT2D eigenvalue weighted by atomic mass is 15.0. The molecule has 0 saturated heterocycles. The molecule has 0 N–H and O–H groups in total. The summed E-state index contributed by atoms with van der Waals surface area (Å²) in [5.74, 6) is 0. The minimum Gasteiger partial charge on any atom is -0.309 e. The summed E-state index contributed by atoms with van der Waals surface area (Å²) in [6, 6.07) is 57.2. The summed E-state index contributed by atoms with van der Waals surface area (Å²) in [7, 11) is 0. The zero-order chi connectivity index (χ0) is 43.1. The van der Waals surface area contributed by atoms with Crippen LogP contribution in [0.1, 0.15) is 9.60 Å². The topological polar surface area (TPSA) is 9.86 Å². The Morgan fingerprint density at radius 2 is 0.875 bits per heavy atom. The van der Waals surface area contributed by atoms with E-state index in [0.717, 1.165) is 55.3 Å². The molecule has 2 heterocycles. The average Bonchev–Trinajstić information content (AvgIpc) is 3.87. The van der Waals surface area contributed by atoms with Crippen LogP contribution in [0.15, 0.2) is 218 Å². The number of hydrogen-bond donors (Lipinski definition) is 0. The van der Waals surface area contributed by atoms with Crippen molar-refractivity contribution >= 4 is 43.6 Å². The molecule has 2 heteroatoms. The molecule has 9 aromatic carbocycles. The smallest absolute Gasteiger partial charge is 0.0645 e. The van der Waals surface area contributed by atoms with Gasteiger partial charge in [-0.15, -0.1) is 0 Å². The van der Waals surface area contributed by atoms with Crippen LogP contribution < -0.4 is 0 Å². The molecule has 11 aromatic rings. The molecule has 0 aliphatic heterocycles. The lowest BCUT2D eigenvalue weighted by Gasteiger charge is -2.11. The first kappa shape index (κ1) is 25.6. The van der Waals surface area contributed by atoms with Gasteiger partial charge in [-0.1, -0.05) is 158 Å². The first-order valence-electron chi connectivity index (χ1n) is 22.2. The Bertz CT molecular complexity index is 3600. The van der Waals surface area contributed by atoms with Gasteiger partial charge in [-0.25, -0.2) is 0 Å². The molecule has 0 aliphatic rings. The van der Waals surface area contributed by atoms with Crippen molar-refractivity contribution in [2.24, 2.45) is 0 Å². The molecule has 0 unspecified atom stereocenters. The maximum atomic E-state index is 9.82. The van der Waals surface area contributed by atoms with Crippen molar-refractivity contribution in [2.75, 3.05) is 0 Å². The molecule has 56 heavy (non-hydrogen) atoms. The van der Waals surface area contributed by atoms with Crippen LogP contribution in [-0.4, -0.2) is 9.13 Å². The Kier molecular flexibility index (Phi) is 6.01. The maximum Gasteiger partial charge on any atom is 0.0645 e. The van der Waals surface area contributed by atoms with Gasteiger partial charge in [0.15, 0.2) is 0 Å². The second kappa shape index (κ2) is 13.2. The molecule has 0 radical (unpaired) electrons. The molecule has 2 aromatic heterocycles. The number of benzene rings is 9. The van der Waals surface area contributed by atoms with Crippen LogP contribution in [0.4, 0.5) is 0 Å². The Labute approximate surface area is 335 Å². The van der Waals surface area contributed by atoms with E-state index in [1.807, 2.05) is 72.8 Å². The maximum absolute atomic E-state index is 9.82. The summed E-state index contributed by atoms with van der Waals surface area (Å²) in [6.45, 7) is 0. The van der Waals surface area contributed by atoms with E-state index in [0.29, 0.717) is 11.3 Å². The second-order valence-corrected chi connectivity index (χ2v) is 14.0. The van der Waals surface area contributed by atoms with E-state index >= 15 is 0 Å². The summed E-state index contributed by atoms with van der Waals surface area (Å²) in [5, 5.41) is 2.26. The third-order valence-electron chi connectivity index (χ3n) is 10.8. The number of fused-ring (bicyclic) bond motifs is 6. The minimum atomic E-state index is -0.418. The molecule has 0 fully saturated rings. The number of rotatable bonds is 6. The number of para-hydroxylation sites is 2. The summed E-state index contributed by atoms with van der Waals surface area (Å²) in [5.41, 5.74) is 11.2. The standard InChI is InChI=1S/C54H36N2/c1-4-13-37(14-5-1)38-23-25-39(26-24-38)40-27-31-45(32-28-40)56-52-34-30-43(36-49(52)54-46(20-12-22-53(54)56)41-15-6-2-7-16-41)42-29-33-51-48(35-42)47-19-10-11-21-50(47)55(51)44-17-8-3-9-18-44/h1-36H/i10D,11D,19D,21D,29D,33D,35D. The zero-order valence-electron chi connectivity index (χ0n) is 37.1. The third-order valence-corrected chi connectivity index (χ3v) is 10.8. The normalized spacial score (nSPS) is 13.3. The lowest BCUT2D eigenvalue weighted by molar-refractivity contribution is 1.18. The minimum absolute atomic E-state index is 0.0746. The van der Waals surface area contributed by atoms with Gasteiger partial charge in [-0.2, -0.15) is 0 Å². The number of aromatic nitrogens is 2. The molecule has 0 bridgehead atoms. The highest BCUT2D eigenvalue weighted by Gasteiger charge is 2.18. The van der Waals surface area contributed by atoms with Crippen molar-refractivity contribution in [2.45, 2.75) is 0 Å². The molecule has 0 aliphatic carbocycles. The highest BCUT2D eigenvalue weighted by molar-refractivity contribution is 6.17. The zero-order valence-corrected chi connectivity index (χ0v) is 30.1. The molecule has 0 atom stereocenters. The molecular formula is C54H36N2. The van der Waals surface area contributed by atoms with Crippen LogP contribution in [0.3, 0.4) is 0 Å². The molecule has 0 amide bonds. The molecule has 2 nitrogen and oxygen atoms in total. The van der Waals surface area contributed by atoms with Crippen LogP contribution in [0.5, 0.6) is 0 Å². The van der Waals surface area contributed by atoms with Crippen molar-refractivity contribution in [3.05, 3.63) is 218 Å². The lowest BCUT2D eigenvalue weighted by atomic mass is 9.97. The van der Waals surface area contributed by atoms with Crippen molar-refractivity contribution in [3.63, 3.8) is 0 Å². The quantitative estimate of drug-likeness (QED) is 0.162. The Balaban J connectivity index is 1.13. The predicted octanol–water partition coefficient (Wildman–Crippen LogP) is 14.5. The van der Waals surface area contributed by atoms with Crippen LogP contribution in [0.25, 0.3) is 99.5 Å². The van der Waals surface area contributed by atoms with E-state index in [-0.39, 0.29) is 57.6 Å². The summed E-state index contributed by atoms with van der Waals surface area (Å²) < 4.78 is 68.0. The largest absolute Gasteiger partial charge is 0.309 e. The fourth-order valence-corrected chi connectivity index (χ4v) is 8.15. The van der Waals surface area contributed by atoms with Gasteiger partial charge in [-0.3, -0.25) is 0 Å². The van der Waals surface area contributed by atoms with Crippen LogP contribution >= 0.6 is 0 Å². The second-order valence-electron chi connectivity index (χ2n) is 14.0. The highest BCUT2D eigenvalue weighted by Crippen LogP contribution is 2.41. The van der Waals surface area contributed by atoms with E-state index in [1.54, 1.807) is 16.7 Å².